The third-order valence-electron chi connectivity index (χ3n) is 4.17. The Balaban J connectivity index is 1.59. The molecule has 2 aliphatic heterocycles. The third-order valence-corrected chi connectivity index (χ3v) is 4.86. The average Bonchev–Trinajstić information content (AvgIpc) is 2.58. The molecule has 5 nitrogen and oxygen atoms in total. The molecule has 0 saturated carbocycles. The Morgan fingerprint density at radius 2 is 1.36 bits per heavy atom. The van der Waals surface area contributed by atoms with Gasteiger partial charge in [0.1, 0.15) is 0 Å². The van der Waals surface area contributed by atoms with E-state index >= 15 is 0 Å². The van der Waals surface area contributed by atoms with Crippen LogP contribution in [0.2, 0.25) is 0 Å². The van der Waals surface area contributed by atoms with Gasteiger partial charge in [0.25, 0.3) is 0 Å². The van der Waals surface area contributed by atoms with E-state index in [0.717, 1.165) is 25.7 Å². The second-order valence-electron chi connectivity index (χ2n) is 5.95. The van der Waals surface area contributed by atoms with Crippen molar-refractivity contribution < 1.29 is 23.7 Å². The summed E-state index contributed by atoms with van der Waals surface area (Å²) >= 11 is 11.6. The van der Waals surface area contributed by atoms with Crippen molar-refractivity contribution >= 4 is 29.4 Å². The minimum atomic E-state index is -0.595. The Morgan fingerprint density at radius 1 is 0.909 bits per heavy atom. The maximum Gasteiger partial charge on any atom is 0.508 e. The summed E-state index contributed by atoms with van der Waals surface area (Å²) in [6.07, 6.45) is 2.96. The molecule has 0 amide bonds. The van der Waals surface area contributed by atoms with Crippen molar-refractivity contribution in [1.29, 1.82) is 0 Å². The molecule has 0 aromatic heterocycles. The van der Waals surface area contributed by atoms with Gasteiger partial charge in [-0.15, -0.1) is 23.2 Å². The minimum Gasteiger partial charge on any atom is -0.434 e. The first kappa shape index (κ1) is 18.1. The first-order valence-corrected chi connectivity index (χ1v) is 8.92. The number of carbonyl (C=O) groups is 1. The molecule has 0 bridgehead atoms. The van der Waals surface area contributed by atoms with E-state index in [9.17, 15) is 4.79 Å². The highest BCUT2D eigenvalue weighted by Crippen LogP contribution is 2.23. The van der Waals surface area contributed by atoms with E-state index in [-0.39, 0.29) is 12.2 Å². The molecule has 2 heterocycles. The van der Waals surface area contributed by atoms with Gasteiger partial charge in [-0.1, -0.05) is 0 Å². The predicted molar refractivity (Wildman–Crippen MR) is 83.7 cm³/mol. The van der Waals surface area contributed by atoms with E-state index in [1.54, 1.807) is 0 Å². The molecule has 2 rings (SSSR count). The summed E-state index contributed by atoms with van der Waals surface area (Å²) in [7, 11) is 0. The molecular weight excluding hydrogens is 331 g/mol. The van der Waals surface area contributed by atoms with E-state index in [0.29, 0.717) is 50.0 Å². The normalized spacial score (nSPS) is 32.5. The lowest BCUT2D eigenvalue weighted by molar-refractivity contribution is -0.0348. The van der Waals surface area contributed by atoms with Crippen LogP contribution in [-0.4, -0.2) is 56.6 Å². The fraction of sp³-hybridized carbons (Fsp3) is 0.933. The van der Waals surface area contributed by atoms with Crippen LogP contribution >= 0.6 is 23.2 Å². The topological polar surface area (TPSA) is 54.0 Å². The molecule has 4 atom stereocenters. The second-order valence-corrected chi connectivity index (χ2v) is 6.56. The van der Waals surface area contributed by atoms with Crippen LogP contribution < -0.4 is 0 Å². The molecule has 0 aliphatic carbocycles. The average molecular weight is 355 g/mol. The van der Waals surface area contributed by atoms with Gasteiger partial charge in [-0.05, 0) is 37.5 Å². The van der Waals surface area contributed by atoms with Crippen LogP contribution in [0.5, 0.6) is 0 Å². The van der Waals surface area contributed by atoms with Crippen molar-refractivity contribution in [3.63, 3.8) is 0 Å². The Kier molecular flexibility index (Phi) is 8.08. The van der Waals surface area contributed by atoms with Gasteiger partial charge in [0.15, 0.2) is 0 Å². The molecule has 4 unspecified atom stereocenters. The van der Waals surface area contributed by atoms with Gasteiger partial charge >= 0.3 is 6.16 Å². The molecule has 0 radical (unpaired) electrons. The first-order chi connectivity index (χ1) is 10.7. The number of carbonyl (C=O) groups excluding carboxylic acids is 1. The molecule has 2 saturated heterocycles. The fourth-order valence-electron chi connectivity index (χ4n) is 2.85. The quantitative estimate of drug-likeness (QED) is 0.541. The summed E-state index contributed by atoms with van der Waals surface area (Å²) in [5, 5.41) is 0. The van der Waals surface area contributed by atoms with Gasteiger partial charge < -0.3 is 18.9 Å². The van der Waals surface area contributed by atoms with Crippen molar-refractivity contribution in [2.75, 3.05) is 38.2 Å². The fourth-order valence-corrected chi connectivity index (χ4v) is 3.28. The number of rotatable bonds is 6. The lowest BCUT2D eigenvalue weighted by Gasteiger charge is -2.28. The van der Waals surface area contributed by atoms with Gasteiger partial charge in [0.2, 0.25) is 0 Å². The summed E-state index contributed by atoms with van der Waals surface area (Å²) in [6, 6.07) is 0. The molecule has 0 spiro atoms. The smallest absolute Gasteiger partial charge is 0.434 e. The molecule has 128 valence electrons. The Bertz CT molecular complexity index is 312. The minimum absolute atomic E-state index is 0.0646. The molecule has 2 aliphatic rings. The van der Waals surface area contributed by atoms with Crippen molar-refractivity contribution in [2.45, 2.75) is 37.9 Å². The van der Waals surface area contributed by atoms with Crippen LogP contribution in [0.1, 0.15) is 25.7 Å². The van der Waals surface area contributed by atoms with E-state index in [2.05, 4.69) is 0 Å². The highest BCUT2D eigenvalue weighted by Gasteiger charge is 2.25. The molecule has 7 heteroatoms. The highest BCUT2D eigenvalue weighted by atomic mass is 35.5. The molecular formula is C15H24Cl2O5. The first-order valence-electron chi connectivity index (χ1n) is 7.86. The third kappa shape index (κ3) is 6.11. The number of ether oxygens (including phenoxy) is 4. The van der Waals surface area contributed by atoms with Crippen LogP contribution in [0.25, 0.3) is 0 Å². The summed E-state index contributed by atoms with van der Waals surface area (Å²) in [5.41, 5.74) is 0. The maximum atomic E-state index is 11.7. The van der Waals surface area contributed by atoms with E-state index < -0.39 is 6.16 Å². The number of hydrogen-bond acceptors (Lipinski definition) is 5. The Hall–Kier alpha value is -0.230. The van der Waals surface area contributed by atoms with Crippen molar-refractivity contribution in [1.82, 2.24) is 0 Å². The second kappa shape index (κ2) is 9.81. The summed E-state index contributed by atoms with van der Waals surface area (Å²) < 4.78 is 21.4. The van der Waals surface area contributed by atoms with Crippen LogP contribution in [0.3, 0.4) is 0 Å². The zero-order valence-electron chi connectivity index (χ0n) is 12.7. The standard InChI is InChI=1S/C15H24Cl2O5/c16-7-13-5-11(1-3-19-13)9-21-15(18)22-10-12-2-4-20-14(6-12)8-17/h11-14H,1-10H2. The summed E-state index contributed by atoms with van der Waals surface area (Å²) in [6.45, 7) is 2.08. The lowest BCUT2D eigenvalue weighted by Crippen LogP contribution is -2.31. The lowest BCUT2D eigenvalue weighted by atomic mass is 9.97. The Morgan fingerprint density at radius 3 is 1.77 bits per heavy atom. The van der Waals surface area contributed by atoms with E-state index in [1.165, 1.54) is 0 Å². The van der Waals surface area contributed by atoms with Gasteiger partial charge in [-0.25, -0.2) is 4.79 Å². The number of alkyl halides is 2. The van der Waals surface area contributed by atoms with Crippen LogP contribution in [-0.2, 0) is 18.9 Å². The van der Waals surface area contributed by atoms with Crippen molar-refractivity contribution in [3.8, 4) is 0 Å². The van der Waals surface area contributed by atoms with Crippen LogP contribution in [0.4, 0.5) is 4.79 Å². The van der Waals surface area contributed by atoms with E-state index in [1.807, 2.05) is 0 Å². The summed E-state index contributed by atoms with van der Waals surface area (Å²) in [5.74, 6) is 1.56. The van der Waals surface area contributed by atoms with E-state index in [4.69, 9.17) is 42.1 Å². The van der Waals surface area contributed by atoms with Crippen LogP contribution in [0.15, 0.2) is 0 Å². The number of hydrogen-bond donors (Lipinski definition) is 0. The molecule has 22 heavy (non-hydrogen) atoms. The van der Waals surface area contributed by atoms with Gasteiger partial charge in [0.05, 0.1) is 25.4 Å². The van der Waals surface area contributed by atoms with Crippen molar-refractivity contribution in [2.24, 2.45) is 11.8 Å². The van der Waals surface area contributed by atoms with Gasteiger partial charge in [-0.2, -0.15) is 0 Å². The largest absolute Gasteiger partial charge is 0.508 e. The molecule has 0 N–H and O–H groups in total. The zero-order valence-corrected chi connectivity index (χ0v) is 14.2. The predicted octanol–water partition coefficient (Wildman–Crippen LogP) is 3.21. The van der Waals surface area contributed by atoms with Gasteiger partial charge in [-0.3, -0.25) is 0 Å². The Labute approximate surface area is 141 Å². The molecule has 0 aromatic rings. The van der Waals surface area contributed by atoms with Crippen molar-refractivity contribution in [3.05, 3.63) is 0 Å². The van der Waals surface area contributed by atoms with Gasteiger partial charge in [0, 0.05) is 25.0 Å². The number of halogens is 2. The molecule has 0 aromatic carbocycles. The molecule has 2 fully saturated rings. The SMILES string of the molecule is O=C(OCC1CCOC(CCl)C1)OCC1CCOC(CCl)C1. The monoisotopic (exact) mass is 354 g/mol. The maximum absolute atomic E-state index is 11.7. The highest BCUT2D eigenvalue weighted by molar-refractivity contribution is 6.18. The zero-order chi connectivity index (χ0) is 15.8. The summed E-state index contributed by atoms with van der Waals surface area (Å²) in [4.78, 5) is 11.7. The van der Waals surface area contributed by atoms with Crippen LogP contribution in [0, 0.1) is 11.8 Å².